The number of fused-ring (bicyclic) bond motifs is 2. The molecule has 2 spiro atoms. The molecule has 0 amide bonds. The Hall–Kier alpha value is -0.452. The molecule has 0 bridgehead atoms. The number of hydrogen-bond acceptors (Lipinski definition) is 6. The minimum atomic E-state index is -3.46. The predicted molar refractivity (Wildman–Crippen MR) is 56.2 cm³/mol. The maximum atomic E-state index is 12.2. The van der Waals surface area contributed by atoms with Gasteiger partial charge < -0.3 is 0 Å². The quantitative estimate of drug-likeness (QED) is 0.546. The van der Waals surface area contributed by atoms with E-state index in [0.29, 0.717) is 18.9 Å². The van der Waals surface area contributed by atoms with Crippen molar-refractivity contribution in [1.82, 2.24) is 7.33 Å². The molecule has 0 aromatic rings. The van der Waals surface area contributed by atoms with Crippen molar-refractivity contribution in [3.8, 4) is 0 Å². The minimum absolute atomic E-state index is 0.332. The summed E-state index contributed by atoms with van der Waals surface area (Å²) >= 11 is -3.46. The number of hydrogen-bond donors (Lipinski definition) is 1. The summed E-state index contributed by atoms with van der Waals surface area (Å²) in [4.78, 5) is 24.4. The first-order valence-corrected chi connectivity index (χ1v) is 10.3. The van der Waals surface area contributed by atoms with Crippen LogP contribution in [-0.4, -0.2) is 34.5 Å². The zero-order valence-corrected chi connectivity index (χ0v) is 12.2. The Balaban J connectivity index is 1.65. The molecule has 4 aliphatic rings. The normalized spacial score (nSPS) is 38.1. The van der Waals surface area contributed by atoms with E-state index in [1.165, 1.54) is 0 Å². The summed E-state index contributed by atoms with van der Waals surface area (Å²) in [5.74, 6) is -0.663. The van der Waals surface area contributed by atoms with Crippen LogP contribution in [-0.2, 0) is 33.7 Å². The van der Waals surface area contributed by atoms with Gasteiger partial charge in [-0.2, -0.15) is 0 Å². The molecular formula is C11H16N2O4Pt. The molecule has 7 heteroatoms. The molecule has 3 saturated heterocycles. The van der Waals surface area contributed by atoms with Crippen molar-refractivity contribution in [3.63, 3.8) is 0 Å². The standard InChI is InChI=1S/C6H8O4.C5H10N2.Pt/c7-4(8)6(5(9)10)2-1-3-6;6-4-5-2-1-3-7-5;/h1-3H2,(H,7,8)(H,9,10);5-6H,1-4H2;/q;-2;+4/p-2/t;5-;/m.1./s1. The van der Waals surface area contributed by atoms with Crippen LogP contribution >= 0.6 is 0 Å². The van der Waals surface area contributed by atoms with Gasteiger partial charge >= 0.3 is 110 Å². The van der Waals surface area contributed by atoms with Crippen molar-refractivity contribution in [2.75, 3.05) is 13.1 Å². The van der Waals surface area contributed by atoms with Crippen LogP contribution in [0, 0.1) is 5.41 Å². The van der Waals surface area contributed by atoms with Crippen LogP contribution in [0.4, 0.5) is 0 Å². The fraction of sp³-hybridized carbons (Fsp3) is 0.818. The number of rotatable bonds is 0. The first-order chi connectivity index (χ1) is 8.66. The van der Waals surface area contributed by atoms with E-state index >= 15 is 0 Å². The van der Waals surface area contributed by atoms with E-state index in [4.69, 9.17) is 6.78 Å². The van der Waals surface area contributed by atoms with Crippen LogP contribution < -0.4 is 3.88 Å². The molecule has 0 radical (unpaired) electrons. The summed E-state index contributed by atoms with van der Waals surface area (Å²) in [6, 6.07) is 0.387. The SMILES string of the molecule is O=C1[O][Pt]2([NH]C[C@H]3CCC[N]32)[O]C(=O)C12CCC2. The van der Waals surface area contributed by atoms with E-state index in [0.717, 1.165) is 32.4 Å². The average molecular weight is 435 g/mol. The van der Waals surface area contributed by atoms with Gasteiger partial charge in [-0.25, -0.2) is 0 Å². The van der Waals surface area contributed by atoms with Gasteiger partial charge in [0.15, 0.2) is 0 Å². The third-order valence-electron chi connectivity index (χ3n) is 4.23. The van der Waals surface area contributed by atoms with E-state index in [1.54, 1.807) is 0 Å². The van der Waals surface area contributed by atoms with Crippen LogP contribution in [0.2, 0.25) is 0 Å². The zero-order chi connectivity index (χ0) is 12.4. The van der Waals surface area contributed by atoms with E-state index in [2.05, 4.69) is 7.33 Å². The van der Waals surface area contributed by atoms with Gasteiger partial charge in [-0.3, -0.25) is 0 Å². The van der Waals surface area contributed by atoms with Crippen molar-refractivity contribution >= 4 is 11.9 Å². The van der Waals surface area contributed by atoms with Crippen molar-refractivity contribution in [2.45, 2.75) is 38.1 Å². The van der Waals surface area contributed by atoms with E-state index in [-0.39, 0.29) is 11.9 Å². The first-order valence-electron chi connectivity index (χ1n) is 6.33. The van der Waals surface area contributed by atoms with Gasteiger partial charge in [0.2, 0.25) is 0 Å². The topological polar surface area (TPSA) is 67.9 Å². The second-order valence-electron chi connectivity index (χ2n) is 5.21. The van der Waals surface area contributed by atoms with Gasteiger partial charge in [-0.05, 0) is 0 Å². The summed E-state index contributed by atoms with van der Waals surface area (Å²) in [5, 5.41) is 0. The van der Waals surface area contributed by atoms with E-state index < -0.39 is 22.7 Å². The van der Waals surface area contributed by atoms with Crippen LogP contribution in [0.15, 0.2) is 0 Å². The number of nitrogens with one attached hydrogen (secondary N) is 1. The molecule has 0 unspecified atom stereocenters. The Morgan fingerprint density at radius 3 is 2.56 bits per heavy atom. The molecule has 3 heterocycles. The molecule has 6 nitrogen and oxygen atoms in total. The summed E-state index contributed by atoms with van der Waals surface area (Å²) in [6.45, 7) is 1.66. The van der Waals surface area contributed by atoms with Crippen molar-refractivity contribution in [1.29, 1.82) is 0 Å². The van der Waals surface area contributed by atoms with Crippen molar-refractivity contribution < 1.29 is 33.7 Å². The summed E-state index contributed by atoms with van der Waals surface area (Å²) in [7, 11) is 0. The molecule has 4 fully saturated rings. The Kier molecular flexibility index (Phi) is 2.25. The number of carbonyl (C=O) groups excluding carboxylic acids is 2. The number of carbonyl (C=O) groups is 2. The maximum absolute atomic E-state index is 12.2. The fourth-order valence-corrected chi connectivity index (χ4v) is 10.1. The Morgan fingerprint density at radius 2 is 1.94 bits per heavy atom. The molecular weight excluding hydrogens is 419 g/mol. The zero-order valence-electron chi connectivity index (χ0n) is 9.92. The Labute approximate surface area is 110 Å². The Morgan fingerprint density at radius 1 is 1.22 bits per heavy atom. The van der Waals surface area contributed by atoms with Crippen molar-refractivity contribution in [3.05, 3.63) is 0 Å². The number of nitrogens with zero attached hydrogens (tertiary/aromatic N) is 1. The van der Waals surface area contributed by atoms with Crippen LogP contribution in [0.25, 0.3) is 0 Å². The fourth-order valence-electron chi connectivity index (χ4n) is 2.88. The molecule has 1 atom stereocenters. The van der Waals surface area contributed by atoms with Gasteiger partial charge in [0.25, 0.3) is 0 Å². The molecule has 3 aliphatic heterocycles. The average Bonchev–Trinajstić information content (AvgIpc) is 2.81. The van der Waals surface area contributed by atoms with Gasteiger partial charge in [-0.15, -0.1) is 0 Å². The molecule has 4 rings (SSSR count). The van der Waals surface area contributed by atoms with Gasteiger partial charge in [0.05, 0.1) is 0 Å². The summed E-state index contributed by atoms with van der Waals surface area (Å²) < 4.78 is 16.8. The monoisotopic (exact) mass is 435 g/mol. The molecule has 104 valence electrons. The van der Waals surface area contributed by atoms with E-state index in [1.807, 2.05) is 0 Å². The van der Waals surface area contributed by atoms with Crippen LogP contribution in [0.1, 0.15) is 32.1 Å². The third-order valence-corrected chi connectivity index (χ3v) is 10.9. The molecule has 0 aromatic heterocycles. The van der Waals surface area contributed by atoms with Gasteiger partial charge in [0, 0.05) is 0 Å². The van der Waals surface area contributed by atoms with Crippen molar-refractivity contribution in [2.24, 2.45) is 5.41 Å². The summed E-state index contributed by atoms with van der Waals surface area (Å²) in [6.07, 6.45) is 4.27. The molecule has 18 heavy (non-hydrogen) atoms. The molecule has 1 aliphatic carbocycles. The van der Waals surface area contributed by atoms with Crippen LogP contribution in [0.3, 0.4) is 0 Å². The second kappa shape index (κ2) is 3.55. The van der Waals surface area contributed by atoms with Gasteiger partial charge in [0.1, 0.15) is 0 Å². The molecule has 0 aromatic carbocycles. The first kappa shape index (κ1) is 11.4. The van der Waals surface area contributed by atoms with Gasteiger partial charge in [-0.1, -0.05) is 0 Å². The second-order valence-corrected chi connectivity index (χ2v) is 10.9. The third kappa shape index (κ3) is 1.24. The molecule has 1 N–H and O–H groups in total. The predicted octanol–water partition coefficient (Wildman–Crippen LogP) is 0.138. The van der Waals surface area contributed by atoms with Crippen LogP contribution in [0.5, 0.6) is 0 Å². The van der Waals surface area contributed by atoms with E-state index in [9.17, 15) is 9.59 Å². The Bertz CT molecular complexity index is 417. The summed E-state index contributed by atoms with van der Waals surface area (Å²) in [5.41, 5.74) is -0.950. The molecule has 1 saturated carbocycles.